The van der Waals surface area contributed by atoms with Gasteiger partial charge in [0.2, 0.25) is 0 Å². The number of hydrogen-bond acceptors (Lipinski definition) is 5. The van der Waals surface area contributed by atoms with Crippen molar-refractivity contribution in [2.75, 3.05) is 7.11 Å². The number of furan rings is 1. The number of benzene rings is 3. The molecule has 0 radical (unpaired) electrons. The van der Waals surface area contributed by atoms with Gasteiger partial charge in [-0.15, -0.1) is 0 Å². The second kappa shape index (κ2) is 7.08. The molecule has 4 rings (SSSR count). The third kappa shape index (κ3) is 3.16. The van der Waals surface area contributed by atoms with E-state index in [2.05, 4.69) is 10.5 Å². The number of hydrazone groups is 1. The first-order valence-electron chi connectivity index (χ1n) is 8.69. The number of aromatic hydroxyl groups is 1. The first-order chi connectivity index (χ1) is 13.6. The Balaban J connectivity index is 1.56. The Morgan fingerprint density at radius 3 is 2.79 bits per heavy atom. The average Bonchev–Trinajstić information content (AvgIpc) is 3.15. The maximum Gasteiger partial charge on any atom is 0.307 e. The van der Waals surface area contributed by atoms with E-state index in [0.29, 0.717) is 22.5 Å². The molecule has 1 heterocycles. The Hall–Kier alpha value is -3.80. The topological polar surface area (TPSA) is 84.1 Å². The Morgan fingerprint density at radius 1 is 1.14 bits per heavy atom. The quantitative estimate of drug-likeness (QED) is 0.410. The van der Waals surface area contributed by atoms with Crippen LogP contribution in [0.3, 0.4) is 0 Å². The highest BCUT2D eigenvalue weighted by molar-refractivity contribution is 6.08. The monoisotopic (exact) mass is 374 g/mol. The summed E-state index contributed by atoms with van der Waals surface area (Å²) >= 11 is 0. The van der Waals surface area contributed by atoms with Gasteiger partial charge in [-0.25, -0.2) is 5.43 Å². The van der Waals surface area contributed by atoms with Gasteiger partial charge in [0.1, 0.15) is 5.58 Å². The summed E-state index contributed by atoms with van der Waals surface area (Å²) in [5.74, 6) is 0.164. The van der Waals surface area contributed by atoms with E-state index in [1.807, 2.05) is 36.4 Å². The van der Waals surface area contributed by atoms with Crippen LogP contribution >= 0.6 is 0 Å². The summed E-state index contributed by atoms with van der Waals surface area (Å²) < 4.78 is 10.8. The normalized spacial score (nSPS) is 11.4. The minimum absolute atomic E-state index is 0.0817. The molecule has 28 heavy (non-hydrogen) atoms. The van der Waals surface area contributed by atoms with Crippen LogP contribution in [0, 0.1) is 6.92 Å². The van der Waals surface area contributed by atoms with Crippen molar-refractivity contribution in [2.45, 2.75) is 6.92 Å². The zero-order valence-electron chi connectivity index (χ0n) is 15.4. The van der Waals surface area contributed by atoms with Crippen LogP contribution < -0.4 is 10.2 Å². The molecule has 0 aliphatic carbocycles. The van der Waals surface area contributed by atoms with Crippen molar-refractivity contribution < 1.29 is 19.1 Å². The SMILES string of the molecule is COc1cc(/C=N/NC(=O)c2cc3c(ccc4ccccc43)o2)cc(C)c1O. The Bertz CT molecular complexity index is 1220. The van der Waals surface area contributed by atoms with Crippen molar-refractivity contribution >= 4 is 33.9 Å². The molecule has 0 fully saturated rings. The maximum atomic E-state index is 12.4. The van der Waals surface area contributed by atoms with Gasteiger partial charge in [-0.1, -0.05) is 30.3 Å². The number of nitrogens with one attached hydrogen (secondary N) is 1. The number of aryl methyl sites for hydroxylation is 1. The van der Waals surface area contributed by atoms with Crippen LogP contribution in [0.25, 0.3) is 21.7 Å². The third-order valence-corrected chi connectivity index (χ3v) is 4.54. The summed E-state index contributed by atoms with van der Waals surface area (Å²) in [6.07, 6.45) is 1.48. The lowest BCUT2D eigenvalue weighted by Crippen LogP contribution is -2.16. The van der Waals surface area contributed by atoms with Crippen molar-refractivity contribution in [3.63, 3.8) is 0 Å². The first-order valence-corrected chi connectivity index (χ1v) is 8.69. The van der Waals surface area contributed by atoms with Gasteiger partial charge in [0.15, 0.2) is 17.3 Å². The van der Waals surface area contributed by atoms with E-state index < -0.39 is 5.91 Å². The molecule has 0 aliphatic rings. The number of phenolic OH excluding ortho intramolecular Hbond substituents is 1. The van der Waals surface area contributed by atoms with Crippen LogP contribution in [-0.2, 0) is 0 Å². The Morgan fingerprint density at radius 2 is 1.96 bits per heavy atom. The van der Waals surface area contributed by atoms with Crippen molar-refractivity contribution in [1.29, 1.82) is 0 Å². The predicted molar refractivity (Wildman–Crippen MR) is 108 cm³/mol. The fraction of sp³-hybridized carbons (Fsp3) is 0.0909. The van der Waals surface area contributed by atoms with Crippen LogP contribution in [0.5, 0.6) is 11.5 Å². The molecule has 0 aliphatic heterocycles. The first kappa shape index (κ1) is 17.6. The number of rotatable bonds is 4. The summed E-state index contributed by atoms with van der Waals surface area (Å²) in [6.45, 7) is 1.76. The highest BCUT2D eigenvalue weighted by atomic mass is 16.5. The molecule has 0 saturated carbocycles. The number of nitrogens with zero attached hydrogens (tertiary/aromatic N) is 1. The molecule has 6 nitrogen and oxygen atoms in total. The van der Waals surface area contributed by atoms with Gasteiger partial charge in [0.05, 0.1) is 13.3 Å². The number of carbonyl (C=O) groups excluding carboxylic acids is 1. The van der Waals surface area contributed by atoms with Crippen molar-refractivity contribution in [3.8, 4) is 11.5 Å². The molecular formula is C22H18N2O4. The zero-order valence-corrected chi connectivity index (χ0v) is 15.4. The smallest absolute Gasteiger partial charge is 0.307 e. The van der Waals surface area contributed by atoms with E-state index in [4.69, 9.17) is 9.15 Å². The number of amides is 1. The third-order valence-electron chi connectivity index (χ3n) is 4.54. The molecule has 3 aromatic carbocycles. The van der Waals surface area contributed by atoms with E-state index in [-0.39, 0.29) is 11.5 Å². The highest BCUT2D eigenvalue weighted by Gasteiger charge is 2.13. The standard InChI is InChI=1S/C22H18N2O4/c1-13-9-14(10-19(27-2)21(13)25)12-23-24-22(26)20-11-17-16-6-4-3-5-15(16)7-8-18(17)28-20/h3-12,25H,1-2H3,(H,24,26)/b23-12+. The predicted octanol–water partition coefficient (Wildman–Crippen LogP) is 4.37. The van der Waals surface area contributed by atoms with Gasteiger partial charge < -0.3 is 14.3 Å². The van der Waals surface area contributed by atoms with Gasteiger partial charge in [-0.05, 0) is 53.1 Å². The molecule has 1 amide bonds. The number of methoxy groups -OCH3 is 1. The molecule has 6 heteroatoms. The molecule has 0 spiro atoms. The number of hydrogen-bond donors (Lipinski definition) is 2. The summed E-state index contributed by atoms with van der Waals surface area (Å²) in [5.41, 5.74) is 4.44. The van der Waals surface area contributed by atoms with Crippen molar-refractivity contribution in [2.24, 2.45) is 5.10 Å². The van der Waals surface area contributed by atoms with E-state index in [1.54, 1.807) is 25.1 Å². The van der Waals surface area contributed by atoms with Crippen LogP contribution in [-0.4, -0.2) is 24.3 Å². The Labute approximate surface area is 161 Å². The fourth-order valence-electron chi connectivity index (χ4n) is 3.13. The van der Waals surface area contributed by atoms with Crippen LogP contribution in [0.4, 0.5) is 0 Å². The Kier molecular flexibility index (Phi) is 4.45. The molecule has 4 aromatic rings. The van der Waals surface area contributed by atoms with Crippen molar-refractivity contribution in [1.82, 2.24) is 5.43 Å². The van der Waals surface area contributed by atoms with Gasteiger partial charge in [0.25, 0.3) is 0 Å². The molecular weight excluding hydrogens is 356 g/mol. The maximum absolute atomic E-state index is 12.4. The molecule has 140 valence electrons. The molecule has 0 saturated heterocycles. The number of fused-ring (bicyclic) bond motifs is 3. The van der Waals surface area contributed by atoms with Gasteiger partial charge in [-0.2, -0.15) is 5.10 Å². The molecule has 1 aromatic heterocycles. The summed E-state index contributed by atoms with van der Waals surface area (Å²) in [4.78, 5) is 12.4. The largest absolute Gasteiger partial charge is 0.504 e. The lowest BCUT2D eigenvalue weighted by molar-refractivity contribution is 0.0929. The summed E-state index contributed by atoms with van der Waals surface area (Å²) in [6, 6.07) is 16.8. The molecule has 0 bridgehead atoms. The number of carbonyl (C=O) groups is 1. The lowest BCUT2D eigenvalue weighted by Gasteiger charge is -2.07. The summed E-state index contributed by atoms with van der Waals surface area (Å²) in [5, 5.41) is 16.8. The fourth-order valence-corrected chi connectivity index (χ4v) is 3.13. The minimum atomic E-state index is -0.445. The van der Waals surface area contributed by atoms with E-state index in [9.17, 15) is 9.90 Å². The van der Waals surface area contributed by atoms with Crippen LogP contribution in [0.2, 0.25) is 0 Å². The average molecular weight is 374 g/mol. The van der Waals surface area contributed by atoms with Crippen molar-refractivity contribution in [3.05, 3.63) is 71.5 Å². The van der Waals surface area contributed by atoms with Gasteiger partial charge in [0, 0.05) is 5.39 Å². The molecule has 0 unspecified atom stereocenters. The molecule has 0 atom stereocenters. The second-order valence-corrected chi connectivity index (χ2v) is 6.40. The van der Waals surface area contributed by atoms with E-state index >= 15 is 0 Å². The minimum Gasteiger partial charge on any atom is -0.504 e. The van der Waals surface area contributed by atoms with E-state index in [1.165, 1.54) is 13.3 Å². The van der Waals surface area contributed by atoms with Crippen LogP contribution in [0.15, 0.2) is 64.1 Å². The lowest BCUT2D eigenvalue weighted by atomic mass is 10.1. The van der Waals surface area contributed by atoms with Crippen LogP contribution in [0.1, 0.15) is 21.7 Å². The van der Waals surface area contributed by atoms with Gasteiger partial charge >= 0.3 is 5.91 Å². The molecule has 2 N–H and O–H groups in total. The van der Waals surface area contributed by atoms with E-state index in [0.717, 1.165) is 16.2 Å². The second-order valence-electron chi connectivity index (χ2n) is 6.40. The number of phenols is 1. The summed E-state index contributed by atoms with van der Waals surface area (Å²) in [7, 11) is 1.47. The highest BCUT2D eigenvalue weighted by Crippen LogP contribution is 2.30. The zero-order chi connectivity index (χ0) is 19.7. The van der Waals surface area contributed by atoms with Gasteiger partial charge in [-0.3, -0.25) is 4.79 Å². The number of ether oxygens (including phenoxy) is 1.